The van der Waals surface area contributed by atoms with Crippen molar-refractivity contribution in [1.82, 2.24) is 9.80 Å². The molecule has 0 aromatic heterocycles. The van der Waals surface area contributed by atoms with E-state index in [9.17, 15) is 9.59 Å². The average molecular weight is 392 g/mol. The van der Waals surface area contributed by atoms with Crippen molar-refractivity contribution in [3.8, 4) is 0 Å². The van der Waals surface area contributed by atoms with E-state index in [4.69, 9.17) is 0 Å². The molecule has 2 aliphatic rings. The van der Waals surface area contributed by atoms with Gasteiger partial charge in [-0.1, -0.05) is 48.5 Å². The van der Waals surface area contributed by atoms with E-state index in [2.05, 4.69) is 35.2 Å². The van der Waals surface area contributed by atoms with Crippen LogP contribution in [0.2, 0.25) is 0 Å². The first kappa shape index (κ1) is 19.6. The second-order valence-electron chi connectivity index (χ2n) is 8.01. The Morgan fingerprint density at radius 1 is 0.931 bits per heavy atom. The number of fused-ring (bicyclic) bond motifs is 1. The van der Waals surface area contributed by atoms with Crippen molar-refractivity contribution in [3.63, 3.8) is 0 Å². The molecule has 2 heterocycles. The summed E-state index contributed by atoms with van der Waals surface area (Å²) >= 11 is 0. The molecule has 1 fully saturated rings. The molecule has 0 bridgehead atoms. The number of amides is 2. The molecule has 0 saturated carbocycles. The highest BCUT2D eigenvalue weighted by molar-refractivity contribution is 6.01. The Balaban J connectivity index is 1.41. The lowest BCUT2D eigenvalue weighted by Crippen LogP contribution is -2.55. The fraction of sp³-hybridized carbons (Fsp3) is 0.417. The predicted molar refractivity (Wildman–Crippen MR) is 115 cm³/mol. The van der Waals surface area contributed by atoms with Gasteiger partial charge in [-0.2, -0.15) is 0 Å². The standard InChI is InChI=1S/C24H29N3O2/c1-19(27-22-12-6-5-10-21(22)11-7-13-23(27)28)24(29)26-16-14-25(15-17-26)18-20-8-3-2-4-9-20/h2-6,8-10,12,19H,7,11,13-18H2,1H3. The summed E-state index contributed by atoms with van der Waals surface area (Å²) in [4.78, 5) is 32.1. The molecule has 2 aliphatic heterocycles. The zero-order valence-electron chi connectivity index (χ0n) is 17.1. The van der Waals surface area contributed by atoms with Crippen LogP contribution in [0.4, 0.5) is 5.69 Å². The minimum absolute atomic E-state index is 0.0504. The number of piperazine rings is 1. The highest BCUT2D eigenvalue weighted by atomic mass is 16.2. The maximum Gasteiger partial charge on any atom is 0.245 e. The normalized spacial score (nSPS) is 18.9. The number of para-hydroxylation sites is 1. The third-order valence-electron chi connectivity index (χ3n) is 6.03. The van der Waals surface area contributed by atoms with E-state index in [1.807, 2.05) is 36.1 Å². The molecule has 2 aromatic rings. The van der Waals surface area contributed by atoms with Crippen molar-refractivity contribution in [2.45, 2.75) is 38.8 Å². The van der Waals surface area contributed by atoms with Crippen LogP contribution in [0.3, 0.4) is 0 Å². The van der Waals surface area contributed by atoms with Gasteiger partial charge in [-0.25, -0.2) is 0 Å². The largest absolute Gasteiger partial charge is 0.338 e. The lowest BCUT2D eigenvalue weighted by molar-refractivity contribution is -0.135. The van der Waals surface area contributed by atoms with E-state index < -0.39 is 6.04 Å². The van der Waals surface area contributed by atoms with E-state index in [0.29, 0.717) is 19.5 Å². The minimum Gasteiger partial charge on any atom is -0.338 e. The van der Waals surface area contributed by atoms with Crippen LogP contribution >= 0.6 is 0 Å². The smallest absolute Gasteiger partial charge is 0.245 e. The number of anilines is 1. The van der Waals surface area contributed by atoms with Gasteiger partial charge in [0.1, 0.15) is 6.04 Å². The minimum atomic E-state index is -0.470. The van der Waals surface area contributed by atoms with E-state index >= 15 is 0 Å². The van der Waals surface area contributed by atoms with Crippen LogP contribution < -0.4 is 4.90 Å². The molecule has 2 amide bonds. The van der Waals surface area contributed by atoms with Gasteiger partial charge in [0.25, 0.3) is 0 Å². The van der Waals surface area contributed by atoms with Gasteiger partial charge in [0.15, 0.2) is 0 Å². The zero-order chi connectivity index (χ0) is 20.2. The van der Waals surface area contributed by atoms with Crippen molar-refractivity contribution in [3.05, 3.63) is 65.7 Å². The number of nitrogens with zero attached hydrogens (tertiary/aromatic N) is 3. The molecule has 2 aromatic carbocycles. The topological polar surface area (TPSA) is 43.9 Å². The number of hydrogen-bond donors (Lipinski definition) is 0. The summed E-state index contributed by atoms with van der Waals surface area (Å²) < 4.78 is 0. The van der Waals surface area contributed by atoms with Crippen molar-refractivity contribution in [1.29, 1.82) is 0 Å². The number of carbonyl (C=O) groups is 2. The van der Waals surface area contributed by atoms with Gasteiger partial charge < -0.3 is 4.90 Å². The van der Waals surface area contributed by atoms with Gasteiger partial charge in [0.2, 0.25) is 11.8 Å². The summed E-state index contributed by atoms with van der Waals surface area (Å²) in [7, 11) is 0. The summed E-state index contributed by atoms with van der Waals surface area (Å²) in [5.74, 6) is 0.105. The number of hydrogen-bond acceptors (Lipinski definition) is 3. The summed E-state index contributed by atoms with van der Waals surface area (Å²) in [5, 5.41) is 0. The number of rotatable bonds is 4. The maximum absolute atomic E-state index is 13.2. The zero-order valence-corrected chi connectivity index (χ0v) is 17.1. The molecule has 29 heavy (non-hydrogen) atoms. The number of benzene rings is 2. The van der Waals surface area contributed by atoms with Crippen LogP contribution in [-0.4, -0.2) is 53.8 Å². The SMILES string of the molecule is CC(C(=O)N1CCN(Cc2ccccc2)CC1)N1C(=O)CCCc2ccccc21. The van der Waals surface area contributed by atoms with Crippen LogP contribution in [0, 0.1) is 0 Å². The Hall–Kier alpha value is -2.66. The molecule has 1 atom stereocenters. The number of carbonyl (C=O) groups excluding carboxylic acids is 2. The molecule has 152 valence electrons. The van der Waals surface area contributed by atoms with Crippen molar-refractivity contribution in [2.24, 2.45) is 0 Å². The molecular weight excluding hydrogens is 362 g/mol. The lowest BCUT2D eigenvalue weighted by atomic mass is 10.1. The molecule has 4 rings (SSSR count). The van der Waals surface area contributed by atoms with E-state index in [0.717, 1.165) is 43.7 Å². The Morgan fingerprint density at radius 3 is 2.38 bits per heavy atom. The Kier molecular flexibility index (Phi) is 5.95. The van der Waals surface area contributed by atoms with Gasteiger partial charge in [0.05, 0.1) is 0 Å². The highest BCUT2D eigenvalue weighted by Gasteiger charge is 2.33. The Bertz CT molecular complexity index is 859. The number of aryl methyl sites for hydroxylation is 1. The van der Waals surface area contributed by atoms with Crippen LogP contribution in [0.5, 0.6) is 0 Å². The first-order valence-electron chi connectivity index (χ1n) is 10.6. The summed E-state index contributed by atoms with van der Waals surface area (Å²) in [5.41, 5.74) is 3.36. The Labute approximate surface area is 172 Å². The molecule has 0 radical (unpaired) electrons. The third kappa shape index (κ3) is 4.35. The van der Waals surface area contributed by atoms with Crippen LogP contribution in [0.25, 0.3) is 0 Å². The molecule has 1 unspecified atom stereocenters. The predicted octanol–water partition coefficient (Wildman–Crippen LogP) is 3.09. The first-order chi connectivity index (χ1) is 14.1. The monoisotopic (exact) mass is 391 g/mol. The van der Waals surface area contributed by atoms with E-state index in [1.54, 1.807) is 4.90 Å². The van der Waals surface area contributed by atoms with Crippen LogP contribution in [-0.2, 0) is 22.6 Å². The summed E-state index contributed by atoms with van der Waals surface area (Å²) in [6.45, 7) is 5.92. The first-order valence-corrected chi connectivity index (χ1v) is 10.6. The van der Waals surface area contributed by atoms with E-state index in [1.165, 1.54) is 5.56 Å². The summed E-state index contributed by atoms with van der Waals surface area (Å²) in [6.07, 6.45) is 2.22. The van der Waals surface area contributed by atoms with Crippen LogP contribution in [0.1, 0.15) is 30.9 Å². The third-order valence-corrected chi connectivity index (χ3v) is 6.03. The van der Waals surface area contributed by atoms with Crippen molar-refractivity contribution >= 4 is 17.5 Å². The van der Waals surface area contributed by atoms with Crippen molar-refractivity contribution < 1.29 is 9.59 Å². The fourth-order valence-corrected chi connectivity index (χ4v) is 4.41. The second-order valence-corrected chi connectivity index (χ2v) is 8.01. The molecule has 1 saturated heterocycles. The fourth-order valence-electron chi connectivity index (χ4n) is 4.41. The molecule has 0 aliphatic carbocycles. The molecule has 0 N–H and O–H groups in total. The van der Waals surface area contributed by atoms with Crippen LogP contribution in [0.15, 0.2) is 54.6 Å². The molecule has 0 spiro atoms. The summed E-state index contributed by atoms with van der Waals surface area (Å²) in [6, 6.07) is 18.0. The quantitative estimate of drug-likeness (QED) is 0.805. The lowest BCUT2D eigenvalue weighted by Gasteiger charge is -2.38. The molecule has 5 nitrogen and oxygen atoms in total. The van der Waals surface area contributed by atoms with Gasteiger partial charge in [-0.3, -0.25) is 19.4 Å². The highest BCUT2D eigenvalue weighted by Crippen LogP contribution is 2.29. The average Bonchev–Trinajstić information content (AvgIpc) is 2.92. The second kappa shape index (κ2) is 8.78. The maximum atomic E-state index is 13.2. The van der Waals surface area contributed by atoms with Gasteiger partial charge >= 0.3 is 0 Å². The van der Waals surface area contributed by atoms with Gasteiger partial charge in [0, 0.05) is 44.8 Å². The van der Waals surface area contributed by atoms with Gasteiger partial charge in [-0.05, 0) is 37.0 Å². The van der Waals surface area contributed by atoms with Crippen molar-refractivity contribution in [2.75, 3.05) is 31.1 Å². The van der Waals surface area contributed by atoms with Gasteiger partial charge in [-0.15, -0.1) is 0 Å². The Morgan fingerprint density at radius 2 is 1.62 bits per heavy atom. The molecule has 5 heteroatoms. The molecular formula is C24H29N3O2. The van der Waals surface area contributed by atoms with E-state index in [-0.39, 0.29) is 11.8 Å².